The molecule has 0 spiro atoms. The van der Waals surface area contributed by atoms with Crippen LogP contribution in [0.3, 0.4) is 0 Å². The molecule has 0 heterocycles. The van der Waals surface area contributed by atoms with E-state index >= 15 is 0 Å². The van der Waals surface area contributed by atoms with E-state index < -0.39 is 4.92 Å². The van der Waals surface area contributed by atoms with E-state index in [1.54, 1.807) is 20.2 Å². The molecule has 28 heavy (non-hydrogen) atoms. The van der Waals surface area contributed by atoms with Crippen LogP contribution in [-0.2, 0) is 6.54 Å². The van der Waals surface area contributed by atoms with Gasteiger partial charge in [-0.25, -0.2) is 0 Å². The van der Waals surface area contributed by atoms with Gasteiger partial charge in [0.05, 0.1) is 18.6 Å². The highest BCUT2D eigenvalue weighted by Crippen LogP contribution is 2.19. The number of methoxy groups -OCH3 is 1. The lowest BCUT2D eigenvalue weighted by Gasteiger charge is -2.18. The highest BCUT2D eigenvalue weighted by atomic mass is 127. The van der Waals surface area contributed by atoms with Gasteiger partial charge in [0.25, 0.3) is 5.69 Å². The zero-order valence-electron chi connectivity index (χ0n) is 16.0. The Balaban J connectivity index is 0.00000392. The maximum atomic E-state index is 10.8. The van der Waals surface area contributed by atoms with E-state index in [1.807, 2.05) is 37.3 Å². The Kier molecular flexibility index (Phi) is 10.1. The van der Waals surface area contributed by atoms with Crippen LogP contribution < -0.4 is 20.1 Å². The Bertz CT molecular complexity index is 801. The number of hydrogen-bond donors (Lipinski definition) is 2. The van der Waals surface area contributed by atoms with Crippen molar-refractivity contribution in [1.82, 2.24) is 10.6 Å². The molecule has 2 aromatic rings. The normalized spacial score (nSPS) is 11.8. The predicted molar refractivity (Wildman–Crippen MR) is 120 cm³/mol. The summed E-state index contributed by atoms with van der Waals surface area (Å²) in [7, 11) is 3.28. The number of guanidine groups is 1. The molecule has 0 radical (unpaired) electrons. The topological polar surface area (TPSA) is 98.0 Å². The zero-order valence-corrected chi connectivity index (χ0v) is 18.4. The monoisotopic (exact) mass is 500 g/mol. The molecule has 0 saturated carbocycles. The van der Waals surface area contributed by atoms with Crippen LogP contribution in [0.15, 0.2) is 53.5 Å². The van der Waals surface area contributed by atoms with E-state index in [2.05, 4.69) is 15.6 Å². The number of hydrogen-bond acceptors (Lipinski definition) is 5. The molecular weight excluding hydrogens is 475 g/mol. The van der Waals surface area contributed by atoms with Crippen LogP contribution in [0.25, 0.3) is 0 Å². The highest BCUT2D eigenvalue weighted by Gasteiger charge is 2.08. The van der Waals surface area contributed by atoms with Crippen molar-refractivity contribution in [2.45, 2.75) is 19.6 Å². The second-order valence-electron chi connectivity index (χ2n) is 5.84. The quantitative estimate of drug-likeness (QED) is 0.190. The maximum Gasteiger partial charge on any atom is 0.269 e. The molecule has 0 amide bonds. The first kappa shape index (κ1) is 23.5. The molecule has 0 aliphatic carbocycles. The fraction of sp³-hybridized carbons (Fsp3) is 0.316. The van der Waals surface area contributed by atoms with Crippen LogP contribution in [-0.4, -0.2) is 37.7 Å². The number of rotatable bonds is 8. The van der Waals surface area contributed by atoms with E-state index in [0.717, 1.165) is 17.1 Å². The summed E-state index contributed by atoms with van der Waals surface area (Å²) in [6.45, 7) is 2.90. The summed E-state index contributed by atoms with van der Waals surface area (Å²) < 4.78 is 11.0. The molecule has 2 aromatic carbocycles. The van der Waals surface area contributed by atoms with Gasteiger partial charge in [-0.3, -0.25) is 15.1 Å². The van der Waals surface area contributed by atoms with E-state index in [9.17, 15) is 10.1 Å². The average molecular weight is 500 g/mol. The van der Waals surface area contributed by atoms with Gasteiger partial charge in [0.1, 0.15) is 17.6 Å². The van der Waals surface area contributed by atoms with Crippen molar-refractivity contribution in [1.29, 1.82) is 0 Å². The lowest BCUT2D eigenvalue weighted by molar-refractivity contribution is -0.384. The maximum absolute atomic E-state index is 10.8. The summed E-state index contributed by atoms with van der Waals surface area (Å²) in [5, 5.41) is 17.1. The Morgan fingerprint density at radius 2 is 1.89 bits per heavy atom. The number of nitrogens with one attached hydrogen (secondary N) is 2. The zero-order chi connectivity index (χ0) is 19.6. The number of non-ortho nitro benzene ring substituents is 1. The van der Waals surface area contributed by atoms with Gasteiger partial charge in [0.2, 0.25) is 0 Å². The van der Waals surface area contributed by atoms with E-state index in [1.165, 1.54) is 12.1 Å². The van der Waals surface area contributed by atoms with Gasteiger partial charge in [0, 0.05) is 31.8 Å². The molecule has 8 nitrogen and oxygen atoms in total. The number of nitrogens with zero attached hydrogens (tertiary/aromatic N) is 2. The molecule has 0 aliphatic heterocycles. The number of benzene rings is 2. The van der Waals surface area contributed by atoms with Crippen molar-refractivity contribution >= 4 is 35.6 Å². The van der Waals surface area contributed by atoms with Crippen molar-refractivity contribution in [3.8, 4) is 11.5 Å². The van der Waals surface area contributed by atoms with Crippen LogP contribution in [0.5, 0.6) is 11.5 Å². The number of nitro groups is 1. The molecule has 152 valence electrons. The third-order valence-corrected chi connectivity index (χ3v) is 3.74. The van der Waals surface area contributed by atoms with Crippen molar-refractivity contribution < 1.29 is 14.4 Å². The second-order valence-corrected chi connectivity index (χ2v) is 5.84. The van der Waals surface area contributed by atoms with Crippen molar-refractivity contribution in [2.24, 2.45) is 4.99 Å². The van der Waals surface area contributed by atoms with Gasteiger partial charge < -0.3 is 20.1 Å². The number of ether oxygens (including phenoxy) is 2. The fourth-order valence-corrected chi connectivity index (χ4v) is 2.38. The molecule has 1 unspecified atom stereocenters. The molecule has 0 bridgehead atoms. The second kappa shape index (κ2) is 12.0. The minimum atomic E-state index is -0.409. The first-order chi connectivity index (χ1) is 13.0. The van der Waals surface area contributed by atoms with Crippen LogP contribution in [0.1, 0.15) is 12.5 Å². The van der Waals surface area contributed by atoms with E-state index in [0.29, 0.717) is 19.0 Å². The Hall–Kier alpha value is -2.56. The SMILES string of the molecule is CN=C(NCc1cccc([N+](=O)[O-])c1)NCC(C)Oc1cccc(OC)c1.I. The van der Waals surface area contributed by atoms with Gasteiger partial charge in [-0.2, -0.15) is 0 Å². The number of aliphatic imine (C=N–C) groups is 1. The largest absolute Gasteiger partial charge is 0.497 e. The summed E-state index contributed by atoms with van der Waals surface area (Å²) >= 11 is 0. The predicted octanol–water partition coefficient (Wildman–Crippen LogP) is 3.35. The average Bonchev–Trinajstić information content (AvgIpc) is 2.68. The third kappa shape index (κ3) is 7.59. The third-order valence-electron chi connectivity index (χ3n) is 3.74. The lowest BCUT2D eigenvalue weighted by Crippen LogP contribution is -2.41. The molecule has 0 fully saturated rings. The standard InChI is InChI=1S/C19H24N4O4.HI/c1-14(27-18-9-5-8-17(11-18)26-3)12-21-19(20-2)22-13-15-6-4-7-16(10-15)23(24)25;/h4-11,14H,12-13H2,1-3H3,(H2,20,21,22);1H. The van der Waals surface area contributed by atoms with Gasteiger partial charge in [0.15, 0.2) is 5.96 Å². The molecule has 0 saturated heterocycles. The van der Waals surface area contributed by atoms with Gasteiger partial charge >= 0.3 is 0 Å². The molecule has 0 aromatic heterocycles. The Morgan fingerprint density at radius 3 is 2.57 bits per heavy atom. The molecule has 0 aliphatic rings. The highest BCUT2D eigenvalue weighted by molar-refractivity contribution is 14.0. The Morgan fingerprint density at radius 1 is 1.18 bits per heavy atom. The van der Waals surface area contributed by atoms with Gasteiger partial charge in [-0.05, 0) is 24.6 Å². The van der Waals surface area contributed by atoms with Crippen molar-refractivity contribution in [2.75, 3.05) is 20.7 Å². The molecule has 2 rings (SSSR count). The van der Waals surface area contributed by atoms with E-state index in [-0.39, 0.29) is 35.8 Å². The van der Waals surface area contributed by atoms with Crippen LogP contribution in [0.2, 0.25) is 0 Å². The van der Waals surface area contributed by atoms with Crippen LogP contribution >= 0.6 is 24.0 Å². The fourth-order valence-electron chi connectivity index (χ4n) is 2.38. The Labute approximate surface area is 181 Å². The molecule has 9 heteroatoms. The number of halogens is 1. The summed E-state index contributed by atoms with van der Waals surface area (Å²) in [5.74, 6) is 2.05. The van der Waals surface area contributed by atoms with E-state index in [4.69, 9.17) is 9.47 Å². The summed E-state index contributed by atoms with van der Waals surface area (Å²) in [5.41, 5.74) is 0.866. The van der Waals surface area contributed by atoms with Crippen molar-refractivity contribution in [3.63, 3.8) is 0 Å². The summed E-state index contributed by atoms with van der Waals surface area (Å²) in [6.07, 6.45) is -0.103. The minimum Gasteiger partial charge on any atom is -0.497 e. The van der Waals surface area contributed by atoms with Crippen LogP contribution in [0.4, 0.5) is 5.69 Å². The van der Waals surface area contributed by atoms with Gasteiger partial charge in [-0.15, -0.1) is 24.0 Å². The number of nitro benzene ring substituents is 1. The van der Waals surface area contributed by atoms with Gasteiger partial charge in [-0.1, -0.05) is 18.2 Å². The first-order valence-electron chi connectivity index (χ1n) is 8.50. The molecule has 1 atom stereocenters. The first-order valence-corrected chi connectivity index (χ1v) is 8.50. The molecular formula is C19H25IN4O4. The lowest BCUT2D eigenvalue weighted by atomic mass is 10.2. The summed E-state index contributed by atoms with van der Waals surface area (Å²) in [4.78, 5) is 14.6. The van der Waals surface area contributed by atoms with Crippen molar-refractivity contribution in [3.05, 3.63) is 64.2 Å². The molecule has 2 N–H and O–H groups in total. The van der Waals surface area contributed by atoms with Crippen LogP contribution in [0, 0.1) is 10.1 Å². The summed E-state index contributed by atoms with van der Waals surface area (Å²) in [6, 6.07) is 13.9. The smallest absolute Gasteiger partial charge is 0.269 e. The minimum absolute atomic E-state index is 0.